The Hall–Kier alpha value is -1.29. The quantitative estimate of drug-likeness (QED) is 0.917. The van der Waals surface area contributed by atoms with E-state index in [4.69, 9.17) is 27.9 Å². The summed E-state index contributed by atoms with van der Waals surface area (Å²) in [4.78, 5) is 0. The van der Waals surface area contributed by atoms with Gasteiger partial charge in [-0.1, -0.05) is 41.4 Å². The van der Waals surface area contributed by atoms with Gasteiger partial charge in [-0.2, -0.15) is 0 Å². The SMILES string of the molecule is OCc1cc(Cl)cc(Cl)c1OCc1ccccc1F. The zero-order valence-corrected chi connectivity index (χ0v) is 11.4. The first-order chi connectivity index (χ1) is 9.11. The lowest BCUT2D eigenvalue weighted by molar-refractivity contribution is 0.257. The highest BCUT2D eigenvalue weighted by Gasteiger charge is 2.11. The molecule has 2 rings (SSSR count). The summed E-state index contributed by atoms with van der Waals surface area (Å²) in [6.07, 6.45) is 0. The van der Waals surface area contributed by atoms with E-state index in [0.29, 0.717) is 21.9 Å². The molecule has 0 heterocycles. The van der Waals surface area contributed by atoms with Gasteiger partial charge in [0.05, 0.1) is 11.6 Å². The summed E-state index contributed by atoms with van der Waals surface area (Å²) in [5.41, 5.74) is 0.881. The number of hydrogen-bond donors (Lipinski definition) is 1. The van der Waals surface area contributed by atoms with Crippen LogP contribution in [0.3, 0.4) is 0 Å². The summed E-state index contributed by atoms with van der Waals surface area (Å²) < 4.78 is 18.9. The maximum atomic E-state index is 13.5. The van der Waals surface area contributed by atoms with Gasteiger partial charge < -0.3 is 9.84 Å². The average molecular weight is 301 g/mol. The Balaban J connectivity index is 2.22. The van der Waals surface area contributed by atoms with Crippen LogP contribution in [0, 0.1) is 5.82 Å². The minimum absolute atomic E-state index is 0.0288. The van der Waals surface area contributed by atoms with Crippen molar-refractivity contribution in [3.8, 4) is 5.75 Å². The maximum Gasteiger partial charge on any atom is 0.144 e. The molecule has 0 aliphatic heterocycles. The molecule has 0 saturated carbocycles. The Kier molecular flexibility index (Phi) is 4.64. The molecule has 2 aromatic carbocycles. The summed E-state index contributed by atoms with van der Waals surface area (Å²) in [7, 11) is 0. The molecule has 2 aromatic rings. The third-order valence-electron chi connectivity index (χ3n) is 2.59. The van der Waals surface area contributed by atoms with E-state index in [9.17, 15) is 9.50 Å². The second-order valence-corrected chi connectivity index (χ2v) is 4.76. The first kappa shape index (κ1) is 14.1. The van der Waals surface area contributed by atoms with E-state index in [-0.39, 0.29) is 24.1 Å². The average Bonchev–Trinajstić information content (AvgIpc) is 2.38. The number of rotatable bonds is 4. The third kappa shape index (κ3) is 3.38. The highest BCUT2D eigenvalue weighted by Crippen LogP contribution is 2.33. The topological polar surface area (TPSA) is 29.5 Å². The van der Waals surface area contributed by atoms with Gasteiger partial charge in [-0.05, 0) is 18.2 Å². The molecule has 0 bridgehead atoms. The molecule has 0 aromatic heterocycles. The fourth-order valence-electron chi connectivity index (χ4n) is 1.66. The molecule has 0 spiro atoms. The number of halogens is 3. The van der Waals surface area contributed by atoms with Crippen molar-refractivity contribution in [2.75, 3.05) is 0 Å². The molecule has 2 nitrogen and oxygen atoms in total. The molecule has 0 amide bonds. The standard InChI is InChI=1S/C14H11Cl2FO2/c15-11-5-10(7-18)14(12(16)6-11)19-8-9-3-1-2-4-13(9)17/h1-6,18H,7-8H2. The second kappa shape index (κ2) is 6.24. The van der Waals surface area contributed by atoms with Crippen molar-refractivity contribution in [1.29, 1.82) is 0 Å². The van der Waals surface area contributed by atoms with Crippen LogP contribution in [0.4, 0.5) is 4.39 Å². The van der Waals surface area contributed by atoms with Crippen LogP contribution in [0.25, 0.3) is 0 Å². The van der Waals surface area contributed by atoms with Crippen molar-refractivity contribution in [2.24, 2.45) is 0 Å². The highest BCUT2D eigenvalue weighted by atomic mass is 35.5. The first-order valence-electron chi connectivity index (χ1n) is 5.57. The van der Waals surface area contributed by atoms with Gasteiger partial charge in [-0.25, -0.2) is 4.39 Å². The van der Waals surface area contributed by atoms with E-state index < -0.39 is 0 Å². The van der Waals surface area contributed by atoms with Crippen LogP contribution in [-0.2, 0) is 13.2 Å². The minimum Gasteiger partial charge on any atom is -0.487 e. The number of aliphatic hydroxyl groups is 1. The van der Waals surface area contributed by atoms with Crippen molar-refractivity contribution in [3.63, 3.8) is 0 Å². The Morgan fingerprint density at radius 1 is 1.11 bits per heavy atom. The van der Waals surface area contributed by atoms with E-state index in [1.165, 1.54) is 12.1 Å². The molecular formula is C14H11Cl2FO2. The van der Waals surface area contributed by atoms with Crippen LogP contribution < -0.4 is 4.74 Å². The van der Waals surface area contributed by atoms with Crippen LogP contribution in [0.2, 0.25) is 10.0 Å². The zero-order chi connectivity index (χ0) is 13.8. The summed E-state index contributed by atoms with van der Waals surface area (Å²) in [6.45, 7) is -0.228. The van der Waals surface area contributed by atoms with Crippen molar-refractivity contribution in [2.45, 2.75) is 13.2 Å². The molecule has 19 heavy (non-hydrogen) atoms. The summed E-state index contributed by atoms with van der Waals surface area (Å²) in [5.74, 6) is -0.0324. The number of benzene rings is 2. The molecule has 0 atom stereocenters. The second-order valence-electron chi connectivity index (χ2n) is 3.91. The minimum atomic E-state index is -0.349. The summed E-state index contributed by atoms with van der Waals surface area (Å²) >= 11 is 11.8. The molecule has 1 N–H and O–H groups in total. The van der Waals surface area contributed by atoms with Gasteiger partial charge in [0.1, 0.15) is 18.2 Å². The monoisotopic (exact) mass is 300 g/mol. The van der Waals surface area contributed by atoms with E-state index in [1.54, 1.807) is 24.3 Å². The van der Waals surface area contributed by atoms with Crippen LogP contribution >= 0.6 is 23.2 Å². The Labute approximate surface area is 120 Å². The number of hydrogen-bond acceptors (Lipinski definition) is 2. The smallest absolute Gasteiger partial charge is 0.144 e. The third-order valence-corrected chi connectivity index (χ3v) is 3.08. The molecule has 0 saturated heterocycles. The summed E-state index contributed by atoms with van der Waals surface area (Å²) in [5, 5.41) is 9.94. The Morgan fingerprint density at radius 2 is 1.84 bits per heavy atom. The van der Waals surface area contributed by atoms with E-state index in [2.05, 4.69) is 0 Å². The van der Waals surface area contributed by atoms with Crippen LogP contribution in [-0.4, -0.2) is 5.11 Å². The van der Waals surface area contributed by atoms with Gasteiger partial charge in [-0.3, -0.25) is 0 Å². The van der Waals surface area contributed by atoms with E-state index in [1.807, 2.05) is 0 Å². The zero-order valence-electron chi connectivity index (χ0n) is 9.87. The molecule has 5 heteroatoms. The number of ether oxygens (including phenoxy) is 1. The van der Waals surface area contributed by atoms with Gasteiger partial charge >= 0.3 is 0 Å². The number of aliphatic hydroxyl groups excluding tert-OH is 1. The van der Waals surface area contributed by atoms with Crippen LogP contribution in [0.1, 0.15) is 11.1 Å². The predicted octanol–water partition coefficient (Wildman–Crippen LogP) is 4.20. The molecular weight excluding hydrogens is 290 g/mol. The normalized spacial score (nSPS) is 10.5. The van der Waals surface area contributed by atoms with Crippen molar-refractivity contribution >= 4 is 23.2 Å². The molecule has 100 valence electrons. The lowest BCUT2D eigenvalue weighted by atomic mass is 10.2. The molecule has 0 radical (unpaired) electrons. The van der Waals surface area contributed by atoms with Crippen molar-refractivity contribution in [3.05, 3.63) is 63.4 Å². The van der Waals surface area contributed by atoms with Crippen molar-refractivity contribution in [1.82, 2.24) is 0 Å². The lowest BCUT2D eigenvalue weighted by Gasteiger charge is -2.13. The highest BCUT2D eigenvalue weighted by molar-refractivity contribution is 6.35. The Morgan fingerprint density at radius 3 is 2.53 bits per heavy atom. The van der Waals surface area contributed by atoms with Gasteiger partial charge in [0.2, 0.25) is 0 Å². The van der Waals surface area contributed by atoms with Gasteiger partial charge in [-0.15, -0.1) is 0 Å². The molecule has 0 aliphatic rings. The fraction of sp³-hybridized carbons (Fsp3) is 0.143. The maximum absolute atomic E-state index is 13.5. The molecule has 0 aliphatic carbocycles. The summed E-state index contributed by atoms with van der Waals surface area (Å²) in [6, 6.07) is 9.38. The Bertz CT molecular complexity index is 588. The predicted molar refractivity (Wildman–Crippen MR) is 73.1 cm³/mol. The largest absolute Gasteiger partial charge is 0.487 e. The molecule has 0 unspecified atom stereocenters. The first-order valence-corrected chi connectivity index (χ1v) is 6.32. The van der Waals surface area contributed by atoms with E-state index in [0.717, 1.165) is 0 Å². The van der Waals surface area contributed by atoms with Crippen molar-refractivity contribution < 1.29 is 14.2 Å². The van der Waals surface area contributed by atoms with Crippen LogP contribution in [0.15, 0.2) is 36.4 Å². The van der Waals surface area contributed by atoms with Gasteiger partial charge in [0.15, 0.2) is 0 Å². The van der Waals surface area contributed by atoms with Crippen LogP contribution in [0.5, 0.6) is 5.75 Å². The van der Waals surface area contributed by atoms with E-state index >= 15 is 0 Å². The van der Waals surface area contributed by atoms with Gasteiger partial charge in [0.25, 0.3) is 0 Å². The lowest BCUT2D eigenvalue weighted by Crippen LogP contribution is -2.01. The van der Waals surface area contributed by atoms with Gasteiger partial charge in [0, 0.05) is 16.1 Å². The fourth-order valence-corrected chi connectivity index (χ4v) is 2.25. The molecule has 0 fully saturated rings.